The van der Waals surface area contributed by atoms with Crippen molar-refractivity contribution < 1.29 is 0 Å². The van der Waals surface area contributed by atoms with E-state index < -0.39 is 0 Å². The average molecular weight is 575 g/mol. The number of benzene rings is 7. The molecule has 0 amide bonds. The van der Waals surface area contributed by atoms with Gasteiger partial charge < -0.3 is 9.13 Å². The maximum atomic E-state index is 2.39. The molecule has 0 aliphatic heterocycles. The topological polar surface area (TPSA) is 9.86 Å². The Kier molecular flexibility index (Phi) is 5.76. The molecule has 7 aromatic carbocycles. The Morgan fingerprint density at radius 2 is 0.711 bits per heavy atom. The number of hydrogen-bond acceptors (Lipinski definition) is 0. The molecule has 2 nitrogen and oxygen atoms in total. The summed E-state index contributed by atoms with van der Waals surface area (Å²) in [5.41, 5.74) is 13.5. The molecule has 0 atom stereocenters. The van der Waals surface area contributed by atoms with E-state index in [-0.39, 0.29) is 0 Å². The van der Waals surface area contributed by atoms with E-state index in [0.717, 1.165) is 0 Å². The summed E-state index contributed by atoms with van der Waals surface area (Å²) in [4.78, 5) is 0. The zero-order valence-corrected chi connectivity index (χ0v) is 25.0. The Balaban J connectivity index is 1.18. The zero-order valence-electron chi connectivity index (χ0n) is 25.0. The van der Waals surface area contributed by atoms with Crippen molar-refractivity contribution in [2.45, 2.75) is 0 Å². The van der Waals surface area contributed by atoms with E-state index in [2.05, 4.69) is 180 Å². The maximum absolute atomic E-state index is 2.39. The van der Waals surface area contributed by atoms with Crippen LogP contribution in [0.5, 0.6) is 0 Å². The van der Waals surface area contributed by atoms with E-state index in [0.29, 0.717) is 0 Å². The molecule has 212 valence electrons. The van der Waals surface area contributed by atoms with Crippen molar-refractivity contribution in [3.8, 4) is 39.1 Å². The summed E-state index contributed by atoms with van der Waals surface area (Å²) in [5.74, 6) is 0. The van der Waals surface area contributed by atoms with Gasteiger partial charge in [-0.1, -0.05) is 109 Å². The standard InChI is InChI=1S/C43H30N2/c1-44-40-23-18-32(30-12-6-3-7-13-30)26-38(40)39-28-33(19-24-41(39)44)34-20-25-43-37(27-34)36-14-8-9-15-42(36)45(43)35-21-16-31(17-22-35)29-10-4-2-5-11-29/h2-28H,1H3. The molecule has 2 aromatic heterocycles. The van der Waals surface area contributed by atoms with Gasteiger partial charge in [0, 0.05) is 45.3 Å². The fraction of sp³-hybridized carbons (Fsp3) is 0.0233. The molecule has 0 saturated heterocycles. The first-order valence-corrected chi connectivity index (χ1v) is 15.5. The third kappa shape index (κ3) is 4.11. The van der Waals surface area contributed by atoms with Crippen LogP contribution in [0.3, 0.4) is 0 Å². The normalized spacial score (nSPS) is 11.7. The van der Waals surface area contributed by atoms with Gasteiger partial charge >= 0.3 is 0 Å². The molecule has 2 heteroatoms. The van der Waals surface area contributed by atoms with Crippen molar-refractivity contribution in [3.63, 3.8) is 0 Å². The van der Waals surface area contributed by atoms with Crippen LogP contribution >= 0.6 is 0 Å². The SMILES string of the molecule is Cn1c2ccc(-c3ccccc3)cc2c2cc(-c3ccc4c(c3)c3ccccc3n4-c3ccc(-c4ccccc4)cc3)ccc21. The Bertz CT molecular complexity index is 2510. The molecular formula is C43H30N2. The monoisotopic (exact) mass is 574 g/mol. The zero-order chi connectivity index (χ0) is 29.9. The quantitative estimate of drug-likeness (QED) is 0.198. The van der Waals surface area contributed by atoms with Crippen molar-refractivity contribution in [3.05, 3.63) is 164 Å². The number of aromatic nitrogens is 2. The number of rotatable bonds is 4. The molecule has 0 fully saturated rings. The van der Waals surface area contributed by atoms with Crippen LogP contribution in [0.1, 0.15) is 0 Å². The molecule has 0 radical (unpaired) electrons. The van der Waals surface area contributed by atoms with Crippen molar-refractivity contribution in [2.24, 2.45) is 7.05 Å². The summed E-state index contributed by atoms with van der Waals surface area (Å²) in [7, 11) is 2.17. The first-order valence-electron chi connectivity index (χ1n) is 15.5. The second kappa shape index (κ2) is 10.1. The predicted molar refractivity (Wildman–Crippen MR) is 191 cm³/mol. The highest BCUT2D eigenvalue weighted by Crippen LogP contribution is 2.38. The van der Waals surface area contributed by atoms with Gasteiger partial charge in [0.15, 0.2) is 0 Å². The molecule has 0 unspecified atom stereocenters. The van der Waals surface area contributed by atoms with Crippen molar-refractivity contribution in [1.82, 2.24) is 9.13 Å². The summed E-state index contributed by atoms with van der Waals surface area (Å²) in [6.07, 6.45) is 0. The number of fused-ring (bicyclic) bond motifs is 6. The van der Waals surface area contributed by atoms with E-state index in [1.807, 2.05) is 0 Å². The highest BCUT2D eigenvalue weighted by molar-refractivity contribution is 6.12. The lowest BCUT2D eigenvalue weighted by molar-refractivity contribution is 1.01. The van der Waals surface area contributed by atoms with Gasteiger partial charge in [0.25, 0.3) is 0 Å². The van der Waals surface area contributed by atoms with E-state index in [4.69, 9.17) is 0 Å². The lowest BCUT2D eigenvalue weighted by atomic mass is 9.99. The Labute approximate surface area is 262 Å². The molecule has 0 N–H and O–H groups in total. The third-order valence-corrected chi connectivity index (χ3v) is 9.35. The highest BCUT2D eigenvalue weighted by Gasteiger charge is 2.15. The van der Waals surface area contributed by atoms with E-state index in [9.17, 15) is 0 Å². The molecule has 45 heavy (non-hydrogen) atoms. The van der Waals surface area contributed by atoms with Gasteiger partial charge in [-0.15, -0.1) is 0 Å². The molecule has 2 heterocycles. The largest absolute Gasteiger partial charge is 0.344 e. The first kappa shape index (κ1) is 25.6. The number of nitrogens with zero attached hydrogens (tertiary/aromatic N) is 2. The van der Waals surface area contributed by atoms with Crippen LogP contribution in [0, 0.1) is 0 Å². The van der Waals surface area contributed by atoms with Gasteiger partial charge in [0.05, 0.1) is 11.0 Å². The van der Waals surface area contributed by atoms with Crippen LogP contribution < -0.4 is 0 Å². The minimum Gasteiger partial charge on any atom is -0.344 e. The van der Waals surface area contributed by atoms with Crippen molar-refractivity contribution in [2.75, 3.05) is 0 Å². The second-order valence-corrected chi connectivity index (χ2v) is 11.9. The molecule has 9 rings (SSSR count). The third-order valence-electron chi connectivity index (χ3n) is 9.35. The first-order chi connectivity index (χ1) is 22.2. The van der Waals surface area contributed by atoms with E-state index in [1.54, 1.807) is 0 Å². The van der Waals surface area contributed by atoms with Gasteiger partial charge in [0.2, 0.25) is 0 Å². The number of aryl methyl sites for hydroxylation is 1. The van der Waals surface area contributed by atoms with E-state index >= 15 is 0 Å². The van der Waals surface area contributed by atoms with Crippen molar-refractivity contribution >= 4 is 43.6 Å². The van der Waals surface area contributed by atoms with Gasteiger partial charge in [-0.2, -0.15) is 0 Å². The number of hydrogen-bond donors (Lipinski definition) is 0. The molecule has 0 aliphatic rings. The summed E-state index contributed by atoms with van der Waals surface area (Å²) in [5, 5.41) is 5.09. The summed E-state index contributed by atoms with van der Waals surface area (Å²) in [6, 6.07) is 59.6. The Hall–Kier alpha value is -5.86. The van der Waals surface area contributed by atoms with Gasteiger partial charge in [-0.25, -0.2) is 0 Å². The Morgan fingerprint density at radius 1 is 0.311 bits per heavy atom. The molecular weight excluding hydrogens is 544 g/mol. The number of para-hydroxylation sites is 1. The van der Waals surface area contributed by atoms with Crippen LogP contribution in [0.15, 0.2) is 164 Å². The Morgan fingerprint density at radius 3 is 1.31 bits per heavy atom. The van der Waals surface area contributed by atoms with Crippen LogP contribution in [-0.4, -0.2) is 9.13 Å². The summed E-state index contributed by atoms with van der Waals surface area (Å²) in [6.45, 7) is 0. The summed E-state index contributed by atoms with van der Waals surface area (Å²) < 4.78 is 4.70. The van der Waals surface area contributed by atoms with Crippen LogP contribution in [0.25, 0.3) is 82.7 Å². The minimum atomic E-state index is 1.17. The van der Waals surface area contributed by atoms with Gasteiger partial charge in [-0.3, -0.25) is 0 Å². The highest BCUT2D eigenvalue weighted by atomic mass is 15.0. The fourth-order valence-corrected chi connectivity index (χ4v) is 7.07. The van der Waals surface area contributed by atoms with Crippen molar-refractivity contribution in [1.29, 1.82) is 0 Å². The minimum absolute atomic E-state index is 1.17. The lowest BCUT2D eigenvalue weighted by Gasteiger charge is -2.10. The molecule has 0 aliphatic carbocycles. The average Bonchev–Trinajstić information content (AvgIpc) is 3.60. The van der Waals surface area contributed by atoms with Gasteiger partial charge in [0.1, 0.15) is 0 Å². The summed E-state index contributed by atoms with van der Waals surface area (Å²) >= 11 is 0. The second-order valence-electron chi connectivity index (χ2n) is 11.9. The fourth-order valence-electron chi connectivity index (χ4n) is 7.07. The van der Waals surface area contributed by atoms with Gasteiger partial charge in [-0.05, 0) is 88.0 Å². The molecule has 0 saturated carbocycles. The molecule has 0 bridgehead atoms. The van der Waals surface area contributed by atoms with Crippen LogP contribution in [-0.2, 0) is 7.05 Å². The van der Waals surface area contributed by atoms with Crippen LogP contribution in [0.4, 0.5) is 0 Å². The predicted octanol–water partition coefficient (Wildman–Crippen LogP) is 11.4. The van der Waals surface area contributed by atoms with E-state index in [1.165, 1.54) is 82.7 Å². The molecule has 9 aromatic rings. The lowest BCUT2D eigenvalue weighted by Crippen LogP contribution is -1.93. The van der Waals surface area contributed by atoms with Crippen LogP contribution in [0.2, 0.25) is 0 Å². The maximum Gasteiger partial charge on any atom is 0.0541 e. The molecule has 0 spiro atoms. The smallest absolute Gasteiger partial charge is 0.0541 e.